The van der Waals surface area contributed by atoms with Gasteiger partial charge >= 0.3 is 0 Å². The van der Waals surface area contributed by atoms with Crippen molar-refractivity contribution in [2.24, 2.45) is 5.92 Å². The molecule has 0 aromatic heterocycles. The molecule has 1 aromatic carbocycles. The average molecular weight is 236 g/mol. The van der Waals surface area contributed by atoms with Crippen molar-refractivity contribution in [3.05, 3.63) is 35.9 Å². The van der Waals surface area contributed by atoms with E-state index in [1.807, 2.05) is 18.2 Å². The summed E-state index contributed by atoms with van der Waals surface area (Å²) in [4.78, 5) is 11.7. The number of carbonyl (C=O) groups is 1. The third-order valence-electron chi connectivity index (χ3n) is 2.74. The third kappa shape index (κ3) is 3.35. The minimum atomic E-state index is 0.156. The van der Waals surface area contributed by atoms with Gasteiger partial charge in [-0.15, -0.1) is 11.8 Å². The molecule has 3 heteroatoms. The molecule has 0 amide bonds. The summed E-state index contributed by atoms with van der Waals surface area (Å²) in [6.07, 6.45) is 0.907. The van der Waals surface area contributed by atoms with Gasteiger partial charge in [-0.05, 0) is 12.0 Å². The van der Waals surface area contributed by atoms with Crippen LogP contribution in [0, 0.1) is 5.92 Å². The first kappa shape index (κ1) is 11.7. The van der Waals surface area contributed by atoms with E-state index in [0.717, 1.165) is 18.8 Å². The van der Waals surface area contributed by atoms with Gasteiger partial charge in [0.25, 0.3) is 0 Å². The van der Waals surface area contributed by atoms with Gasteiger partial charge in [0.05, 0.1) is 12.4 Å². The number of hydrogen-bond acceptors (Lipinski definition) is 3. The fourth-order valence-corrected chi connectivity index (χ4v) is 2.72. The van der Waals surface area contributed by atoms with Gasteiger partial charge in [0.2, 0.25) is 0 Å². The molecule has 16 heavy (non-hydrogen) atoms. The van der Waals surface area contributed by atoms with Crippen LogP contribution in [0.25, 0.3) is 0 Å². The van der Waals surface area contributed by atoms with E-state index in [9.17, 15) is 4.79 Å². The van der Waals surface area contributed by atoms with Crippen molar-refractivity contribution in [1.29, 1.82) is 0 Å². The highest BCUT2D eigenvalue weighted by atomic mass is 32.2. The standard InChI is InChI=1S/C13H16O2S/c14-13(12-6-7-15-8-12)10-16-9-11-4-2-1-3-5-11/h1-5,12H,6-10H2. The second-order valence-corrected chi connectivity index (χ2v) is 4.99. The largest absolute Gasteiger partial charge is 0.381 e. The van der Waals surface area contributed by atoms with Crippen LogP contribution < -0.4 is 0 Å². The number of hydrogen-bond donors (Lipinski definition) is 0. The van der Waals surface area contributed by atoms with E-state index in [-0.39, 0.29) is 5.92 Å². The fourth-order valence-electron chi connectivity index (χ4n) is 1.75. The smallest absolute Gasteiger partial charge is 0.148 e. The van der Waals surface area contributed by atoms with Crippen molar-refractivity contribution in [1.82, 2.24) is 0 Å². The van der Waals surface area contributed by atoms with Gasteiger partial charge in [-0.25, -0.2) is 0 Å². The van der Waals surface area contributed by atoms with Crippen molar-refractivity contribution in [2.45, 2.75) is 12.2 Å². The molecule has 86 valence electrons. The lowest BCUT2D eigenvalue weighted by Gasteiger charge is -2.06. The van der Waals surface area contributed by atoms with E-state index < -0.39 is 0 Å². The van der Waals surface area contributed by atoms with Crippen LogP contribution in [-0.2, 0) is 15.3 Å². The summed E-state index contributed by atoms with van der Waals surface area (Å²) in [7, 11) is 0. The molecule has 0 bridgehead atoms. The summed E-state index contributed by atoms with van der Waals surface area (Å²) >= 11 is 1.70. The van der Waals surface area contributed by atoms with Gasteiger partial charge in [-0.1, -0.05) is 30.3 Å². The predicted octanol–water partition coefficient (Wildman–Crippen LogP) is 2.53. The lowest BCUT2D eigenvalue weighted by Crippen LogP contribution is -2.16. The predicted molar refractivity (Wildman–Crippen MR) is 66.5 cm³/mol. The molecule has 0 N–H and O–H groups in total. The van der Waals surface area contributed by atoms with Crippen LogP contribution in [-0.4, -0.2) is 24.7 Å². The summed E-state index contributed by atoms with van der Waals surface area (Å²) in [5.74, 6) is 2.03. The van der Waals surface area contributed by atoms with Gasteiger partial charge < -0.3 is 4.74 Å². The molecular weight excluding hydrogens is 220 g/mol. The number of thioether (sulfide) groups is 1. The van der Waals surface area contributed by atoms with Gasteiger partial charge in [0.15, 0.2) is 0 Å². The Hall–Kier alpha value is -0.800. The SMILES string of the molecule is O=C(CSCc1ccccc1)C1CCOC1. The van der Waals surface area contributed by atoms with Crippen molar-refractivity contribution in [2.75, 3.05) is 19.0 Å². The molecule has 1 fully saturated rings. The molecule has 0 spiro atoms. The van der Waals surface area contributed by atoms with Crippen LogP contribution in [0.3, 0.4) is 0 Å². The molecule has 0 radical (unpaired) electrons. The lowest BCUT2D eigenvalue weighted by molar-refractivity contribution is -0.120. The number of rotatable bonds is 5. The highest BCUT2D eigenvalue weighted by Crippen LogP contribution is 2.18. The zero-order valence-corrected chi connectivity index (χ0v) is 10.0. The topological polar surface area (TPSA) is 26.3 Å². The van der Waals surface area contributed by atoms with Crippen molar-refractivity contribution in [3.63, 3.8) is 0 Å². The molecule has 1 heterocycles. The Kier molecular flexibility index (Phi) is 4.43. The number of Topliss-reactive ketones (excluding diaryl/α,β-unsaturated/α-hetero) is 1. The minimum absolute atomic E-state index is 0.156. The van der Waals surface area contributed by atoms with Crippen LogP contribution in [0.15, 0.2) is 30.3 Å². The molecule has 1 aliphatic rings. The van der Waals surface area contributed by atoms with Crippen LogP contribution in [0.4, 0.5) is 0 Å². The van der Waals surface area contributed by atoms with Gasteiger partial charge in [-0.3, -0.25) is 4.79 Å². The number of carbonyl (C=O) groups excluding carboxylic acids is 1. The Balaban J connectivity index is 1.70. The van der Waals surface area contributed by atoms with Crippen molar-refractivity contribution in [3.8, 4) is 0 Å². The van der Waals surface area contributed by atoms with E-state index in [2.05, 4.69) is 12.1 Å². The lowest BCUT2D eigenvalue weighted by atomic mass is 10.1. The summed E-state index contributed by atoms with van der Waals surface area (Å²) in [6, 6.07) is 10.3. The fraction of sp³-hybridized carbons (Fsp3) is 0.462. The van der Waals surface area contributed by atoms with E-state index in [1.54, 1.807) is 11.8 Å². The maximum Gasteiger partial charge on any atom is 0.148 e. The Morgan fingerprint density at radius 2 is 2.19 bits per heavy atom. The van der Waals surface area contributed by atoms with E-state index >= 15 is 0 Å². The van der Waals surface area contributed by atoms with Gasteiger partial charge in [0.1, 0.15) is 5.78 Å². The highest BCUT2D eigenvalue weighted by molar-refractivity contribution is 7.99. The number of ether oxygens (including phenoxy) is 1. The molecule has 1 atom stereocenters. The van der Waals surface area contributed by atoms with Crippen LogP contribution in [0.2, 0.25) is 0 Å². The molecule has 2 rings (SSSR count). The molecule has 2 nitrogen and oxygen atoms in total. The summed E-state index contributed by atoms with van der Waals surface area (Å²) in [5.41, 5.74) is 1.28. The Morgan fingerprint density at radius 3 is 2.88 bits per heavy atom. The number of benzene rings is 1. The molecule has 1 saturated heterocycles. The third-order valence-corrected chi connectivity index (χ3v) is 3.77. The summed E-state index contributed by atoms with van der Waals surface area (Å²) in [6.45, 7) is 1.38. The first-order chi connectivity index (χ1) is 7.86. The Morgan fingerprint density at radius 1 is 1.38 bits per heavy atom. The number of ketones is 1. The van der Waals surface area contributed by atoms with E-state index in [4.69, 9.17) is 4.74 Å². The maximum atomic E-state index is 11.7. The summed E-state index contributed by atoms with van der Waals surface area (Å²) < 4.78 is 5.21. The van der Waals surface area contributed by atoms with Gasteiger partial charge in [0, 0.05) is 18.3 Å². The first-order valence-corrected chi connectivity index (χ1v) is 6.74. The maximum absolute atomic E-state index is 11.7. The molecule has 0 aliphatic carbocycles. The van der Waals surface area contributed by atoms with Crippen LogP contribution in [0.5, 0.6) is 0 Å². The second kappa shape index (κ2) is 6.06. The van der Waals surface area contributed by atoms with Crippen LogP contribution in [0.1, 0.15) is 12.0 Å². The average Bonchev–Trinajstić information content (AvgIpc) is 2.84. The van der Waals surface area contributed by atoms with E-state index in [0.29, 0.717) is 18.1 Å². The molecular formula is C13H16O2S. The Bertz CT molecular complexity index is 331. The van der Waals surface area contributed by atoms with Crippen molar-refractivity contribution < 1.29 is 9.53 Å². The summed E-state index contributed by atoms with van der Waals surface area (Å²) in [5, 5.41) is 0. The normalized spacial score (nSPS) is 19.9. The molecule has 1 unspecified atom stereocenters. The van der Waals surface area contributed by atoms with E-state index in [1.165, 1.54) is 5.56 Å². The zero-order chi connectivity index (χ0) is 11.2. The van der Waals surface area contributed by atoms with Gasteiger partial charge in [-0.2, -0.15) is 0 Å². The van der Waals surface area contributed by atoms with Crippen LogP contribution >= 0.6 is 11.8 Å². The first-order valence-electron chi connectivity index (χ1n) is 5.58. The van der Waals surface area contributed by atoms with Crippen molar-refractivity contribution >= 4 is 17.5 Å². The zero-order valence-electron chi connectivity index (χ0n) is 9.22. The Labute approximate surface area is 100 Å². The molecule has 1 aromatic rings. The molecule has 1 aliphatic heterocycles. The monoisotopic (exact) mass is 236 g/mol. The quantitative estimate of drug-likeness (QED) is 0.786. The molecule has 0 saturated carbocycles. The highest BCUT2D eigenvalue weighted by Gasteiger charge is 2.22. The minimum Gasteiger partial charge on any atom is -0.381 e. The second-order valence-electron chi connectivity index (χ2n) is 4.01.